The van der Waals surface area contributed by atoms with Crippen LogP contribution in [0.5, 0.6) is 5.75 Å². The van der Waals surface area contributed by atoms with Gasteiger partial charge < -0.3 is 15.2 Å². The minimum atomic E-state index is -1.09. The third kappa shape index (κ3) is 4.21. The molecule has 0 atom stereocenters. The lowest BCUT2D eigenvalue weighted by molar-refractivity contribution is -0.152. The number of amides is 1. The maximum Gasteiger partial charge on any atom is 0.311 e. The molecule has 5 heteroatoms. The van der Waals surface area contributed by atoms with Crippen LogP contribution in [0.25, 0.3) is 0 Å². The van der Waals surface area contributed by atoms with Gasteiger partial charge in [0.25, 0.3) is 5.91 Å². The van der Waals surface area contributed by atoms with Crippen LogP contribution in [0.15, 0.2) is 24.3 Å². The van der Waals surface area contributed by atoms with Gasteiger partial charge in [0.05, 0.1) is 11.0 Å². The Balaban J connectivity index is 2.63. The van der Waals surface area contributed by atoms with Crippen LogP contribution in [0.1, 0.15) is 33.3 Å². The van der Waals surface area contributed by atoms with Gasteiger partial charge in [-0.2, -0.15) is 0 Å². The Kier molecular flexibility index (Phi) is 4.99. The highest BCUT2D eigenvalue weighted by molar-refractivity contribution is 5.81. The first-order chi connectivity index (χ1) is 9.56. The number of nitrogens with one attached hydrogen (secondary N) is 1. The van der Waals surface area contributed by atoms with Crippen molar-refractivity contribution in [3.8, 4) is 5.75 Å². The second kappa shape index (κ2) is 6.16. The molecule has 116 valence electrons. The lowest BCUT2D eigenvalue weighted by atomic mass is 9.74. The molecule has 0 saturated heterocycles. The Labute approximate surface area is 125 Å². The van der Waals surface area contributed by atoms with Crippen LogP contribution in [-0.4, -0.2) is 29.1 Å². The van der Waals surface area contributed by atoms with Crippen molar-refractivity contribution in [3.63, 3.8) is 0 Å². The number of carboxylic acid groups (broad SMARTS) is 1. The first kappa shape index (κ1) is 17.0. The van der Waals surface area contributed by atoms with E-state index in [2.05, 4.69) is 5.32 Å². The molecule has 0 fully saturated rings. The molecule has 0 unspecified atom stereocenters. The molecule has 1 aromatic carbocycles. The zero-order chi connectivity index (χ0) is 16.3. The SMILES string of the molecule is Cc1cccc(OCC(=O)NC(C)(C)C(C)(C)C(=O)O)c1. The number of rotatable bonds is 6. The predicted octanol–water partition coefficient (Wildman–Crippen LogP) is 2.38. The van der Waals surface area contributed by atoms with E-state index in [1.807, 2.05) is 25.1 Å². The fourth-order valence-electron chi connectivity index (χ4n) is 1.66. The van der Waals surface area contributed by atoms with Gasteiger partial charge in [-0.25, -0.2) is 0 Å². The number of hydrogen-bond acceptors (Lipinski definition) is 3. The van der Waals surface area contributed by atoms with Gasteiger partial charge in [0.1, 0.15) is 5.75 Å². The van der Waals surface area contributed by atoms with Crippen molar-refractivity contribution >= 4 is 11.9 Å². The summed E-state index contributed by atoms with van der Waals surface area (Å²) in [6, 6.07) is 7.39. The molecular formula is C16H23NO4. The molecule has 0 aromatic heterocycles. The fourth-order valence-corrected chi connectivity index (χ4v) is 1.66. The van der Waals surface area contributed by atoms with Gasteiger partial charge in [0, 0.05) is 0 Å². The molecule has 21 heavy (non-hydrogen) atoms. The zero-order valence-corrected chi connectivity index (χ0v) is 13.2. The Morgan fingerprint density at radius 1 is 1.24 bits per heavy atom. The second-order valence-corrected chi connectivity index (χ2v) is 6.21. The number of hydrogen-bond donors (Lipinski definition) is 2. The maximum absolute atomic E-state index is 12.0. The number of carboxylic acids is 1. The smallest absolute Gasteiger partial charge is 0.311 e. The molecule has 0 spiro atoms. The van der Waals surface area contributed by atoms with Gasteiger partial charge in [0.2, 0.25) is 0 Å². The van der Waals surface area contributed by atoms with Crippen LogP contribution in [0, 0.1) is 12.3 Å². The van der Waals surface area contributed by atoms with Crippen LogP contribution in [0.3, 0.4) is 0 Å². The summed E-state index contributed by atoms with van der Waals surface area (Å²) in [5.41, 5.74) is -0.946. The molecule has 1 aromatic rings. The summed E-state index contributed by atoms with van der Waals surface area (Å²) in [5, 5.41) is 12.0. The summed E-state index contributed by atoms with van der Waals surface area (Å²) >= 11 is 0. The van der Waals surface area contributed by atoms with E-state index in [0.717, 1.165) is 5.56 Å². The van der Waals surface area contributed by atoms with E-state index in [1.165, 1.54) is 0 Å². The standard InChI is InChI=1S/C16H23NO4/c1-11-7-6-8-12(9-11)21-10-13(18)17-16(4,5)15(2,3)14(19)20/h6-9H,10H2,1-5H3,(H,17,18)(H,19,20). The molecule has 2 N–H and O–H groups in total. The van der Waals surface area contributed by atoms with Crippen molar-refractivity contribution in [3.05, 3.63) is 29.8 Å². The third-order valence-electron chi connectivity index (χ3n) is 3.91. The van der Waals surface area contributed by atoms with Crippen molar-refractivity contribution in [2.24, 2.45) is 5.41 Å². The lowest BCUT2D eigenvalue weighted by Crippen LogP contribution is -2.57. The number of ether oxygens (including phenoxy) is 1. The molecule has 0 radical (unpaired) electrons. The predicted molar refractivity (Wildman–Crippen MR) is 80.3 cm³/mol. The molecule has 0 saturated carbocycles. The first-order valence-electron chi connectivity index (χ1n) is 6.80. The quantitative estimate of drug-likeness (QED) is 0.844. The van der Waals surface area contributed by atoms with Crippen molar-refractivity contribution < 1.29 is 19.4 Å². The summed E-state index contributed by atoms with van der Waals surface area (Å²) in [7, 11) is 0. The van der Waals surface area contributed by atoms with Crippen molar-refractivity contribution in [1.29, 1.82) is 0 Å². The van der Waals surface area contributed by atoms with E-state index >= 15 is 0 Å². The summed E-state index contributed by atoms with van der Waals surface area (Å²) in [6.07, 6.45) is 0. The van der Waals surface area contributed by atoms with Crippen molar-refractivity contribution in [2.75, 3.05) is 6.61 Å². The van der Waals surface area contributed by atoms with E-state index in [4.69, 9.17) is 4.74 Å². The Morgan fingerprint density at radius 3 is 2.38 bits per heavy atom. The maximum atomic E-state index is 12.0. The molecule has 1 amide bonds. The largest absolute Gasteiger partial charge is 0.484 e. The first-order valence-corrected chi connectivity index (χ1v) is 6.80. The summed E-state index contributed by atoms with van der Waals surface area (Å²) in [6.45, 7) is 8.32. The van der Waals surface area contributed by atoms with Gasteiger partial charge in [-0.3, -0.25) is 9.59 Å². The normalized spacial score (nSPS) is 11.9. The average Bonchev–Trinajstić information content (AvgIpc) is 2.35. The highest BCUT2D eigenvalue weighted by Gasteiger charge is 2.44. The number of carbonyl (C=O) groups excluding carboxylic acids is 1. The molecule has 5 nitrogen and oxygen atoms in total. The third-order valence-corrected chi connectivity index (χ3v) is 3.91. The van der Waals surface area contributed by atoms with E-state index in [-0.39, 0.29) is 12.5 Å². The summed E-state index contributed by atoms with van der Waals surface area (Å²) in [5.74, 6) is -0.705. The minimum Gasteiger partial charge on any atom is -0.484 e. The van der Waals surface area contributed by atoms with Crippen LogP contribution in [-0.2, 0) is 9.59 Å². The Bertz CT molecular complexity index is 535. The fraction of sp³-hybridized carbons (Fsp3) is 0.500. The topological polar surface area (TPSA) is 75.6 Å². The summed E-state index contributed by atoms with van der Waals surface area (Å²) < 4.78 is 5.41. The second-order valence-electron chi connectivity index (χ2n) is 6.21. The van der Waals surface area contributed by atoms with E-state index in [1.54, 1.807) is 33.8 Å². The molecular weight excluding hydrogens is 270 g/mol. The molecule has 0 aliphatic rings. The lowest BCUT2D eigenvalue weighted by Gasteiger charge is -2.38. The van der Waals surface area contributed by atoms with Crippen molar-refractivity contribution in [2.45, 2.75) is 40.2 Å². The Morgan fingerprint density at radius 2 is 1.86 bits per heavy atom. The van der Waals surface area contributed by atoms with Crippen LogP contribution < -0.4 is 10.1 Å². The highest BCUT2D eigenvalue weighted by Crippen LogP contribution is 2.30. The van der Waals surface area contributed by atoms with E-state index in [9.17, 15) is 14.7 Å². The van der Waals surface area contributed by atoms with E-state index < -0.39 is 16.9 Å². The minimum absolute atomic E-state index is 0.150. The number of aliphatic carboxylic acids is 1. The zero-order valence-electron chi connectivity index (χ0n) is 13.2. The molecule has 0 aliphatic heterocycles. The van der Waals surface area contributed by atoms with Crippen LogP contribution in [0.4, 0.5) is 0 Å². The van der Waals surface area contributed by atoms with Gasteiger partial charge in [-0.15, -0.1) is 0 Å². The summed E-state index contributed by atoms with van der Waals surface area (Å²) in [4.78, 5) is 23.2. The monoisotopic (exact) mass is 293 g/mol. The van der Waals surface area contributed by atoms with Gasteiger partial charge in [-0.1, -0.05) is 12.1 Å². The molecule has 0 bridgehead atoms. The number of benzene rings is 1. The molecule has 0 heterocycles. The van der Waals surface area contributed by atoms with Crippen molar-refractivity contribution in [1.82, 2.24) is 5.32 Å². The highest BCUT2D eigenvalue weighted by atomic mass is 16.5. The van der Waals surface area contributed by atoms with Crippen LogP contribution in [0.2, 0.25) is 0 Å². The van der Waals surface area contributed by atoms with Gasteiger partial charge in [-0.05, 0) is 52.3 Å². The average molecular weight is 293 g/mol. The van der Waals surface area contributed by atoms with Crippen LogP contribution >= 0.6 is 0 Å². The molecule has 0 aliphatic carbocycles. The van der Waals surface area contributed by atoms with E-state index in [0.29, 0.717) is 5.75 Å². The van der Waals surface area contributed by atoms with Gasteiger partial charge in [0.15, 0.2) is 6.61 Å². The van der Waals surface area contributed by atoms with Gasteiger partial charge >= 0.3 is 5.97 Å². The number of carbonyl (C=O) groups is 2. The Hall–Kier alpha value is -2.04. The molecule has 1 rings (SSSR count). The number of aryl methyl sites for hydroxylation is 1.